The summed E-state index contributed by atoms with van der Waals surface area (Å²) in [5.41, 5.74) is 3.19. The van der Waals surface area contributed by atoms with Gasteiger partial charge in [-0.05, 0) is 41.0 Å². The number of likely N-dealkylation sites (N-methyl/N-ethyl adjacent to an activating group) is 1. The van der Waals surface area contributed by atoms with Crippen LogP contribution in [0.15, 0.2) is 72.8 Å². The Balaban J connectivity index is 1.30. The highest BCUT2D eigenvalue weighted by Crippen LogP contribution is 2.35. The first kappa shape index (κ1) is 22.3. The third kappa shape index (κ3) is 4.74. The van der Waals surface area contributed by atoms with Crippen LogP contribution >= 0.6 is 0 Å². The SMILES string of the molecule is CN1C(=O)[C@@H](NC(=O)c2n[nH]c(Cc3ccccc3)n2)COc2ccc(-c3ccc(F)cc3)cc21. The number of hydrogen-bond donors (Lipinski definition) is 2. The Morgan fingerprint density at radius 1 is 1.11 bits per heavy atom. The molecule has 176 valence electrons. The zero-order valence-electron chi connectivity index (χ0n) is 18.9. The summed E-state index contributed by atoms with van der Waals surface area (Å²) in [7, 11) is 1.62. The van der Waals surface area contributed by atoms with Crippen LogP contribution in [0.2, 0.25) is 0 Å². The average molecular weight is 471 g/mol. The van der Waals surface area contributed by atoms with Crippen molar-refractivity contribution in [2.45, 2.75) is 12.5 Å². The van der Waals surface area contributed by atoms with Crippen molar-refractivity contribution in [3.05, 3.63) is 95.8 Å². The number of rotatable bonds is 5. The molecule has 0 aliphatic carbocycles. The Bertz CT molecular complexity index is 1370. The molecule has 0 fully saturated rings. The van der Waals surface area contributed by atoms with Crippen molar-refractivity contribution in [2.75, 3.05) is 18.6 Å². The summed E-state index contributed by atoms with van der Waals surface area (Å²) < 4.78 is 19.1. The third-order valence-electron chi connectivity index (χ3n) is 5.79. The van der Waals surface area contributed by atoms with Gasteiger partial charge in [-0.1, -0.05) is 48.5 Å². The number of H-pyrrole nitrogens is 1. The van der Waals surface area contributed by atoms with E-state index in [1.54, 1.807) is 31.3 Å². The van der Waals surface area contributed by atoms with Crippen LogP contribution in [0.25, 0.3) is 11.1 Å². The fourth-order valence-corrected chi connectivity index (χ4v) is 3.91. The van der Waals surface area contributed by atoms with E-state index in [9.17, 15) is 14.0 Å². The molecule has 2 heterocycles. The molecule has 2 N–H and O–H groups in total. The van der Waals surface area contributed by atoms with Gasteiger partial charge in [-0.3, -0.25) is 14.7 Å². The number of nitrogens with one attached hydrogen (secondary N) is 2. The number of nitrogens with zero attached hydrogens (tertiary/aromatic N) is 3. The number of benzene rings is 3. The van der Waals surface area contributed by atoms with Crippen LogP contribution in [0.3, 0.4) is 0 Å². The summed E-state index contributed by atoms with van der Waals surface area (Å²) in [5, 5.41) is 9.45. The maximum atomic E-state index is 13.3. The Kier molecular flexibility index (Phi) is 5.97. The number of anilines is 1. The van der Waals surface area contributed by atoms with Crippen molar-refractivity contribution in [3.63, 3.8) is 0 Å². The molecule has 1 aliphatic rings. The van der Waals surface area contributed by atoms with Crippen LogP contribution in [0.4, 0.5) is 10.1 Å². The Hall–Kier alpha value is -4.53. The minimum Gasteiger partial charge on any atom is -0.489 e. The molecule has 0 saturated carbocycles. The summed E-state index contributed by atoms with van der Waals surface area (Å²) >= 11 is 0. The van der Waals surface area contributed by atoms with Gasteiger partial charge in [-0.2, -0.15) is 0 Å². The number of fused-ring (bicyclic) bond motifs is 1. The number of hydrogen-bond acceptors (Lipinski definition) is 5. The second-order valence-electron chi connectivity index (χ2n) is 8.19. The van der Waals surface area contributed by atoms with E-state index in [0.717, 1.165) is 16.7 Å². The van der Waals surface area contributed by atoms with Crippen molar-refractivity contribution in [2.24, 2.45) is 0 Å². The Labute approximate surface area is 200 Å². The average Bonchev–Trinajstić information content (AvgIpc) is 3.31. The van der Waals surface area contributed by atoms with Crippen molar-refractivity contribution >= 4 is 17.5 Å². The van der Waals surface area contributed by atoms with Crippen molar-refractivity contribution in [1.29, 1.82) is 0 Å². The molecule has 4 aromatic rings. The highest BCUT2D eigenvalue weighted by atomic mass is 19.1. The predicted molar refractivity (Wildman–Crippen MR) is 128 cm³/mol. The second-order valence-corrected chi connectivity index (χ2v) is 8.19. The van der Waals surface area contributed by atoms with Crippen LogP contribution in [0.5, 0.6) is 5.75 Å². The number of halogens is 1. The summed E-state index contributed by atoms with van der Waals surface area (Å²) in [6, 6.07) is 20.3. The molecule has 5 rings (SSSR count). The Morgan fingerprint density at radius 3 is 2.63 bits per heavy atom. The number of amides is 2. The highest BCUT2D eigenvalue weighted by Gasteiger charge is 2.31. The first-order valence-corrected chi connectivity index (χ1v) is 11.0. The zero-order chi connectivity index (χ0) is 24.4. The molecular weight excluding hydrogens is 449 g/mol. The smallest absolute Gasteiger partial charge is 0.291 e. The zero-order valence-corrected chi connectivity index (χ0v) is 18.9. The number of ether oxygens (including phenoxy) is 1. The molecule has 3 aromatic carbocycles. The van der Waals surface area contributed by atoms with E-state index in [0.29, 0.717) is 23.7 Å². The van der Waals surface area contributed by atoms with E-state index in [4.69, 9.17) is 4.74 Å². The topological polar surface area (TPSA) is 100 Å². The molecule has 1 aliphatic heterocycles. The van der Waals surface area contributed by atoms with E-state index in [1.807, 2.05) is 36.4 Å². The van der Waals surface area contributed by atoms with Gasteiger partial charge in [-0.25, -0.2) is 9.37 Å². The molecule has 1 atom stereocenters. The van der Waals surface area contributed by atoms with Crippen molar-refractivity contribution in [3.8, 4) is 16.9 Å². The lowest BCUT2D eigenvalue weighted by Crippen LogP contribution is -2.49. The summed E-state index contributed by atoms with van der Waals surface area (Å²) in [5.74, 6) is -0.237. The lowest BCUT2D eigenvalue weighted by Gasteiger charge is -2.20. The van der Waals surface area contributed by atoms with E-state index in [2.05, 4.69) is 20.5 Å². The molecule has 2 amide bonds. The second kappa shape index (κ2) is 9.38. The predicted octanol–water partition coefficient (Wildman–Crippen LogP) is 3.36. The quantitative estimate of drug-likeness (QED) is 0.465. The monoisotopic (exact) mass is 471 g/mol. The van der Waals surface area contributed by atoms with E-state index in [1.165, 1.54) is 17.0 Å². The maximum Gasteiger partial charge on any atom is 0.291 e. The van der Waals surface area contributed by atoms with E-state index >= 15 is 0 Å². The minimum atomic E-state index is -0.926. The maximum absolute atomic E-state index is 13.3. The lowest BCUT2D eigenvalue weighted by atomic mass is 10.0. The van der Waals surface area contributed by atoms with Gasteiger partial charge in [0.05, 0.1) is 5.69 Å². The molecule has 9 heteroatoms. The van der Waals surface area contributed by atoms with Crippen LogP contribution < -0.4 is 15.0 Å². The number of aromatic nitrogens is 3. The van der Waals surface area contributed by atoms with Crippen molar-refractivity contribution in [1.82, 2.24) is 20.5 Å². The molecular formula is C26H22FN5O3. The number of carbonyl (C=O) groups excluding carboxylic acids is 2. The highest BCUT2D eigenvalue weighted by molar-refractivity contribution is 6.02. The molecule has 8 nitrogen and oxygen atoms in total. The standard InChI is InChI=1S/C26H22FN5O3/c1-32-21-14-18(17-7-10-19(27)11-8-17)9-12-22(21)35-15-20(26(32)34)28-25(33)24-29-23(30-31-24)13-16-5-3-2-4-6-16/h2-12,14,20H,13,15H2,1H3,(H,28,33)(H,29,30,31)/t20-/m0/s1. The summed E-state index contributed by atoms with van der Waals surface area (Å²) in [6.07, 6.45) is 0.501. The molecule has 0 spiro atoms. The van der Waals surface area contributed by atoms with Gasteiger partial charge in [-0.15, -0.1) is 5.10 Å². The van der Waals surface area contributed by atoms with Gasteiger partial charge in [0, 0.05) is 13.5 Å². The van der Waals surface area contributed by atoms with Gasteiger partial charge in [0.1, 0.15) is 30.0 Å². The fourth-order valence-electron chi connectivity index (χ4n) is 3.91. The molecule has 0 radical (unpaired) electrons. The summed E-state index contributed by atoms with van der Waals surface area (Å²) in [6.45, 7) is -0.0426. The molecule has 0 saturated heterocycles. The van der Waals surface area contributed by atoms with Gasteiger partial charge in [0.25, 0.3) is 11.8 Å². The van der Waals surface area contributed by atoms with Gasteiger partial charge >= 0.3 is 0 Å². The van der Waals surface area contributed by atoms with Crippen LogP contribution in [-0.2, 0) is 11.2 Å². The largest absolute Gasteiger partial charge is 0.489 e. The van der Waals surface area contributed by atoms with E-state index < -0.39 is 11.9 Å². The number of carbonyl (C=O) groups is 2. The normalized spacial score (nSPS) is 15.2. The lowest BCUT2D eigenvalue weighted by molar-refractivity contribution is -0.120. The van der Waals surface area contributed by atoms with Gasteiger partial charge < -0.3 is 15.0 Å². The molecule has 35 heavy (non-hydrogen) atoms. The van der Waals surface area contributed by atoms with Crippen LogP contribution in [-0.4, -0.2) is 46.7 Å². The fraction of sp³-hybridized carbons (Fsp3) is 0.154. The first-order chi connectivity index (χ1) is 17.0. The van der Waals surface area contributed by atoms with Crippen molar-refractivity contribution < 1.29 is 18.7 Å². The van der Waals surface area contributed by atoms with Crippen LogP contribution in [0, 0.1) is 5.82 Å². The minimum absolute atomic E-state index is 0.0426. The number of aromatic amines is 1. The molecule has 0 bridgehead atoms. The molecule has 1 aromatic heterocycles. The van der Waals surface area contributed by atoms with E-state index in [-0.39, 0.29) is 24.2 Å². The summed E-state index contributed by atoms with van der Waals surface area (Å²) in [4.78, 5) is 31.6. The van der Waals surface area contributed by atoms with Gasteiger partial charge in [0.15, 0.2) is 0 Å². The Morgan fingerprint density at radius 2 is 1.86 bits per heavy atom. The molecule has 0 unspecified atom stereocenters. The first-order valence-electron chi connectivity index (χ1n) is 11.0. The van der Waals surface area contributed by atoms with Crippen LogP contribution in [0.1, 0.15) is 22.0 Å². The van der Waals surface area contributed by atoms with Gasteiger partial charge in [0.2, 0.25) is 5.82 Å². The third-order valence-corrected chi connectivity index (χ3v) is 5.79.